The summed E-state index contributed by atoms with van der Waals surface area (Å²) < 4.78 is 6.64. The van der Waals surface area contributed by atoms with Gasteiger partial charge in [-0.3, -0.25) is 4.57 Å². The smallest absolute Gasteiger partial charge is 0.419 e. The average Bonchev–Trinajstić information content (AvgIpc) is 2.80. The van der Waals surface area contributed by atoms with E-state index in [0.29, 0.717) is 24.1 Å². The van der Waals surface area contributed by atoms with Crippen LogP contribution in [0.4, 0.5) is 0 Å². The summed E-state index contributed by atoms with van der Waals surface area (Å²) >= 11 is 0. The van der Waals surface area contributed by atoms with Gasteiger partial charge in [0.05, 0.1) is 11.1 Å². The van der Waals surface area contributed by atoms with Crippen molar-refractivity contribution in [1.82, 2.24) is 4.57 Å². The van der Waals surface area contributed by atoms with Crippen molar-refractivity contribution in [3.63, 3.8) is 0 Å². The molecule has 0 unspecified atom stereocenters. The van der Waals surface area contributed by atoms with Crippen molar-refractivity contribution in [2.45, 2.75) is 13.0 Å². The van der Waals surface area contributed by atoms with Crippen LogP contribution in [0.2, 0.25) is 0 Å². The maximum Gasteiger partial charge on any atom is 0.419 e. The number of aryl methyl sites for hydroxylation is 2. The molecule has 0 bridgehead atoms. The van der Waals surface area contributed by atoms with Crippen molar-refractivity contribution >= 4 is 17.1 Å². The molecule has 2 aromatic carbocycles. The molecule has 0 aliphatic heterocycles. The normalized spacial score (nSPS) is 10.9. The van der Waals surface area contributed by atoms with Crippen LogP contribution in [0.5, 0.6) is 0 Å². The van der Waals surface area contributed by atoms with Crippen molar-refractivity contribution in [2.24, 2.45) is 0 Å². The number of benzene rings is 2. The van der Waals surface area contributed by atoms with Gasteiger partial charge in [-0.2, -0.15) is 0 Å². The van der Waals surface area contributed by atoms with E-state index in [0.717, 1.165) is 5.56 Å². The number of carbonyl (C=O) groups is 1. The molecular formula is C16H13NO4. The van der Waals surface area contributed by atoms with Crippen molar-refractivity contribution < 1.29 is 14.3 Å². The quantitative estimate of drug-likeness (QED) is 0.798. The molecule has 5 heteroatoms. The molecule has 106 valence electrons. The third-order valence-corrected chi connectivity index (χ3v) is 3.38. The van der Waals surface area contributed by atoms with Gasteiger partial charge in [0.25, 0.3) is 0 Å². The van der Waals surface area contributed by atoms with Crippen LogP contribution in [-0.2, 0) is 13.0 Å². The minimum absolute atomic E-state index is 0.103. The molecule has 0 fully saturated rings. The fourth-order valence-electron chi connectivity index (χ4n) is 2.30. The van der Waals surface area contributed by atoms with Gasteiger partial charge in [0.1, 0.15) is 0 Å². The van der Waals surface area contributed by atoms with Crippen LogP contribution in [0.1, 0.15) is 15.9 Å². The van der Waals surface area contributed by atoms with Crippen molar-refractivity contribution in [2.75, 3.05) is 0 Å². The van der Waals surface area contributed by atoms with E-state index >= 15 is 0 Å². The van der Waals surface area contributed by atoms with E-state index < -0.39 is 11.7 Å². The summed E-state index contributed by atoms with van der Waals surface area (Å²) in [6.45, 7) is 0.488. The first-order valence-electron chi connectivity index (χ1n) is 6.56. The summed E-state index contributed by atoms with van der Waals surface area (Å²) in [5, 5.41) is 8.95. The fourth-order valence-corrected chi connectivity index (χ4v) is 2.30. The SMILES string of the molecule is O=C(O)c1ccc2c(c1)oc(=O)n2CCc1ccccc1. The molecule has 5 nitrogen and oxygen atoms in total. The van der Waals surface area contributed by atoms with Gasteiger partial charge in [-0.05, 0) is 30.2 Å². The summed E-state index contributed by atoms with van der Waals surface area (Å²) in [5.74, 6) is -1.51. The number of hydrogen-bond acceptors (Lipinski definition) is 3. The maximum absolute atomic E-state index is 11.9. The summed E-state index contributed by atoms with van der Waals surface area (Å²) in [4.78, 5) is 22.8. The zero-order chi connectivity index (χ0) is 14.8. The van der Waals surface area contributed by atoms with E-state index in [1.54, 1.807) is 6.07 Å². The Kier molecular flexibility index (Phi) is 3.31. The molecule has 0 aliphatic carbocycles. The van der Waals surface area contributed by atoms with Crippen molar-refractivity contribution in [1.29, 1.82) is 0 Å². The van der Waals surface area contributed by atoms with Gasteiger partial charge in [0.15, 0.2) is 5.58 Å². The highest BCUT2D eigenvalue weighted by atomic mass is 16.4. The molecule has 0 amide bonds. The van der Waals surface area contributed by atoms with Gasteiger partial charge in [-0.25, -0.2) is 9.59 Å². The zero-order valence-electron chi connectivity index (χ0n) is 11.2. The third-order valence-electron chi connectivity index (χ3n) is 3.38. The molecule has 3 rings (SSSR count). The average molecular weight is 283 g/mol. The van der Waals surface area contributed by atoms with Gasteiger partial charge in [0.2, 0.25) is 0 Å². The summed E-state index contributed by atoms with van der Waals surface area (Å²) in [5.41, 5.74) is 2.14. The molecule has 1 heterocycles. The van der Waals surface area contributed by atoms with Gasteiger partial charge in [-0.1, -0.05) is 30.3 Å². The number of carboxylic acids is 1. The Bertz CT molecular complexity index is 846. The number of nitrogens with zero attached hydrogens (tertiary/aromatic N) is 1. The van der Waals surface area contributed by atoms with Crippen molar-refractivity contribution in [3.05, 3.63) is 70.2 Å². The Morgan fingerprint density at radius 2 is 1.90 bits per heavy atom. The highest BCUT2D eigenvalue weighted by Gasteiger charge is 2.12. The molecule has 3 aromatic rings. The number of aromatic carboxylic acids is 1. The molecule has 1 aromatic heterocycles. The van der Waals surface area contributed by atoms with Crippen LogP contribution >= 0.6 is 0 Å². The topological polar surface area (TPSA) is 72.4 Å². The number of fused-ring (bicyclic) bond motifs is 1. The maximum atomic E-state index is 11.9. The molecule has 0 atom stereocenters. The van der Waals surface area contributed by atoms with Crippen LogP contribution in [-0.4, -0.2) is 15.6 Å². The minimum Gasteiger partial charge on any atom is -0.478 e. The first kappa shape index (κ1) is 13.2. The first-order chi connectivity index (χ1) is 10.1. The monoisotopic (exact) mass is 283 g/mol. The van der Waals surface area contributed by atoms with E-state index in [-0.39, 0.29) is 5.56 Å². The number of aromatic nitrogens is 1. The van der Waals surface area contributed by atoms with E-state index in [2.05, 4.69) is 0 Å². The first-order valence-corrected chi connectivity index (χ1v) is 6.56. The second-order valence-electron chi connectivity index (χ2n) is 4.74. The van der Waals surface area contributed by atoms with E-state index in [4.69, 9.17) is 9.52 Å². The summed E-state index contributed by atoms with van der Waals surface area (Å²) in [6.07, 6.45) is 0.704. The van der Waals surface area contributed by atoms with Crippen LogP contribution in [0, 0.1) is 0 Å². The van der Waals surface area contributed by atoms with Crippen LogP contribution in [0.25, 0.3) is 11.1 Å². The molecule has 0 spiro atoms. The van der Waals surface area contributed by atoms with Crippen LogP contribution in [0.15, 0.2) is 57.7 Å². The van der Waals surface area contributed by atoms with Gasteiger partial charge in [-0.15, -0.1) is 0 Å². The lowest BCUT2D eigenvalue weighted by molar-refractivity contribution is 0.0697. The molecule has 21 heavy (non-hydrogen) atoms. The van der Waals surface area contributed by atoms with Crippen LogP contribution < -0.4 is 5.76 Å². The Hall–Kier alpha value is -2.82. The predicted octanol–water partition coefficient (Wildman–Crippen LogP) is 2.54. The molecule has 0 saturated carbocycles. The van der Waals surface area contributed by atoms with Gasteiger partial charge < -0.3 is 9.52 Å². The Morgan fingerprint density at radius 3 is 2.62 bits per heavy atom. The molecule has 0 radical (unpaired) electrons. The number of carboxylic acid groups (broad SMARTS) is 1. The standard InChI is InChI=1S/C16H13NO4/c18-15(19)12-6-7-13-14(10-12)21-16(20)17(13)9-8-11-4-2-1-3-5-11/h1-7,10H,8-9H2,(H,18,19). The van der Waals surface area contributed by atoms with Crippen molar-refractivity contribution in [3.8, 4) is 0 Å². The second kappa shape index (κ2) is 5.28. The molecule has 0 saturated heterocycles. The van der Waals surface area contributed by atoms with Crippen LogP contribution in [0.3, 0.4) is 0 Å². The highest BCUT2D eigenvalue weighted by Crippen LogP contribution is 2.16. The fraction of sp³-hybridized carbons (Fsp3) is 0.125. The zero-order valence-corrected chi connectivity index (χ0v) is 11.2. The van der Waals surface area contributed by atoms with Gasteiger partial charge >= 0.3 is 11.7 Å². The lowest BCUT2D eigenvalue weighted by atomic mass is 10.1. The number of oxazole rings is 1. The predicted molar refractivity (Wildman–Crippen MR) is 77.6 cm³/mol. The number of rotatable bonds is 4. The van der Waals surface area contributed by atoms with E-state index in [1.807, 2.05) is 30.3 Å². The Labute approximate surface area is 120 Å². The van der Waals surface area contributed by atoms with E-state index in [1.165, 1.54) is 16.7 Å². The minimum atomic E-state index is -1.04. The Morgan fingerprint density at radius 1 is 1.14 bits per heavy atom. The Balaban J connectivity index is 1.93. The van der Waals surface area contributed by atoms with Gasteiger partial charge in [0, 0.05) is 6.54 Å². The largest absolute Gasteiger partial charge is 0.478 e. The van der Waals surface area contributed by atoms with E-state index in [9.17, 15) is 9.59 Å². The summed E-state index contributed by atoms with van der Waals surface area (Å²) in [7, 11) is 0. The number of hydrogen-bond donors (Lipinski definition) is 1. The molecule has 0 aliphatic rings. The molecule has 1 N–H and O–H groups in total. The highest BCUT2D eigenvalue weighted by molar-refractivity contribution is 5.91. The lowest BCUT2D eigenvalue weighted by Crippen LogP contribution is -2.15. The summed E-state index contributed by atoms with van der Waals surface area (Å²) in [6, 6.07) is 14.3. The second-order valence-corrected chi connectivity index (χ2v) is 4.74. The third kappa shape index (κ3) is 2.58. The molecular weight excluding hydrogens is 270 g/mol. The lowest BCUT2D eigenvalue weighted by Gasteiger charge is -2.03.